The van der Waals surface area contributed by atoms with Crippen LogP contribution in [0.15, 0.2) is 60.7 Å². The van der Waals surface area contributed by atoms with E-state index in [1.807, 2.05) is 12.1 Å². The van der Waals surface area contributed by atoms with E-state index in [1.54, 1.807) is 0 Å². The normalized spacial score (nSPS) is 11.8. The first-order valence-corrected chi connectivity index (χ1v) is 8.44. The van der Waals surface area contributed by atoms with Crippen LogP contribution in [-0.2, 0) is 4.52 Å². The Hall–Kier alpha value is -1.17. The molecule has 0 aliphatic rings. The van der Waals surface area contributed by atoms with Crippen molar-refractivity contribution in [1.82, 2.24) is 0 Å². The largest absolute Gasteiger partial charge is 0.225 e. The molecule has 0 aromatic heterocycles. The Morgan fingerprint density at radius 2 is 1.17 bits per heavy atom. The summed E-state index contributed by atoms with van der Waals surface area (Å²) in [4.78, 5) is 0. The summed E-state index contributed by atoms with van der Waals surface area (Å²) >= 11 is 0. The van der Waals surface area contributed by atoms with Crippen LogP contribution >= 0.6 is 7.49 Å². The average Bonchev–Trinajstić information content (AvgIpc) is 2.40. The fourth-order valence-electron chi connectivity index (χ4n) is 2.12. The SMILES string of the molecule is CC(C)O[P+](C)(c1ccccc1)c1ccccc1. The molecular formula is C16H20OP+. The predicted molar refractivity (Wildman–Crippen MR) is 81.2 cm³/mol. The van der Waals surface area contributed by atoms with Crippen molar-refractivity contribution < 1.29 is 4.52 Å². The molecule has 0 aliphatic heterocycles. The van der Waals surface area contributed by atoms with Gasteiger partial charge in [0, 0.05) is 0 Å². The molecule has 18 heavy (non-hydrogen) atoms. The number of benzene rings is 2. The minimum atomic E-state index is -1.73. The van der Waals surface area contributed by atoms with Crippen LogP contribution in [0.2, 0.25) is 0 Å². The van der Waals surface area contributed by atoms with E-state index in [0.717, 1.165) is 0 Å². The third-order valence-corrected chi connectivity index (χ3v) is 6.33. The molecule has 0 heterocycles. The van der Waals surface area contributed by atoms with Gasteiger partial charge in [0.05, 0.1) is 12.8 Å². The second kappa shape index (κ2) is 5.65. The Kier molecular flexibility index (Phi) is 4.16. The Morgan fingerprint density at radius 1 is 0.778 bits per heavy atom. The highest BCUT2D eigenvalue weighted by Gasteiger charge is 2.40. The highest BCUT2D eigenvalue weighted by molar-refractivity contribution is 7.84. The first-order valence-electron chi connectivity index (χ1n) is 6.29. The van der Waals surface area contributed by atoms with Gasteiger partial charge in [0.1, 0.15) is 10.6 Å². The van der Waals surface area contributed by atoms with Crippen LogP contribution in [0, 0.1) is 0 Å². The lowest BCUT2D eigenvalue weighted by Crippen LogP contribution is -2.25. The molecule has 0 radical (unpaired) electrons. The highest BCUT2D eigenvalue weighted by atomic mass is 31.2. The summed E-state index contributed by atoms with van der Waals surface area (Å²) in [6.45, 7) is 6.45. The summed E-state index contributed by atoms with van der Waals surface area (Å²) in [6.07, 6.45) is 0.226. The van der Waals surface area contributed by atoms with Crippen molar-refractivity contribution in [2.45, 2.75) is 20.0 Å². The van der Waals surface area contributed by atoms with E-state index in [1.165, 1.54) is 10.6 Å². The molecule has 0 spiro atoms. The minimum Gasteiger partial charge on any atom is -0.225 e. The first-order chi connectivity index (χ1) is 8.63. The smallest absolute Gasteiger partial charge is 0.207 e. The Morgan fingerprint density at radius 3 is 1.50 bits per heavy atom. The lowest BCUT2D eigenvalue weighted by Gasteiger charge is -2.23. The van der Waals surface area contributed by atoms with Crippen LogP contribution in [0.5, 0.6) is 0 Å². The van der Waals surface area contributed by atoms with Crippen LogP contribution in [0.3, 0.4) is 0 Å². The molecule has 94 valence electrons. The van der Waals surface area contributed by atoms with Crippen LogP contribution in [0.1, 0.15) is 13.8 Å². The molecule has 2 aromatic carbocycles. The Balaban J connectivity index is 2.48. The topological polar surface area (TPSA) is 9.23 Å². The van der Waals surface area contributed by atoms with Crippen molar-refractivity contribution in [3.05, 3.63) is 60.7 Å². The van der Waals surface area contributed by atoms with E-state index in [0.29, 0.717) is 0 Å². The molecule has 0 saturated heterocycles. The number of rotatable bonds is 4. The van der Waals surface area contributed by atoms with Gasteiger partial charge in [-0.15, -0.1) is 0 Å². The molecule has 0 atom stereocenters. The quantitative estimate of drug-likeness (QED) is 0.762. The van der Waals surface area contributed by atoms with E-state index in [-0.39, 0.29) is 6.10 Å². The molecule has 0 bridgehead atoms. The van der Waals surface area contributed by atoms with Gasteiger partial charge in [-0.1, -0.05) is 36.4 Å². The number of hydrogen-bond donors (Lipinski definition) is 0. The van der Waals surface area contributed by atoms with E-state index in [2.05, 4.69) is 69.0 Å². The molecule has 0 unspecified atom stereocenters. The van der Waals surface area contributed by atoms with Gasteiger partial charge < -0.3 is 0 Å². The predicted octanol–water partition coefficient (Wildman–Crippen LogP) is 3.62. The summed E-state index contributed by atoms with van der Waals surface area (Å²) in [5, 5.41) is 2.59. The second-order valence-corrected chi connectivity index (χ2v) is 7.84. The van der Waals surface area contributed by atoms with Crippen molar-refractivity contribution in [1.29, 1.82) is 0 Å². The van der Waals surface area contributed by atoms with Crippen molar-refractivity contribution in [3.8, 4) is 0 Å². The minimum absolute atomic E-state index is 0.226. The standard InChI is InChI=1S/C16H20OP/c1-14(2)17-18(3,15-10-6-4-7-11-15)16-12-8-5-9-13-16/h4-14H,1-3H3/q+1. The third-order valence-electron chi connectivity index (χ3n) is 2.92. The average molecular weight is 259 g/mol. The van der Waals surface area contributed by atoms with Crippen LogP contribution in [-0.4, -0.2) is 12.8 Å². The van der Waals surface area contributed by atoms with Crippen molar-refractivity contribution in [2.75, 3.05) is 6.66 Å². The van der Waals surface area contributed by atoms with Gasteiger partial charge >= 0.3 is 0 Å². The van der Waals surface area contributed by atoms with Crippen LogP contribution < -0.4 is 10.6 Å². The van der Waals surface area contributed by atoms with E-state index in [4.69, 9.17) is 4.52 Å². The third kappa shape index (κ3) is 2.80. The second-order valence-electron chi connectivity index (χ2n) is 4.75. The van der Waals surface area contributed by atoms with Gasteiger partial charge in [-0.25, -0.2) is 4.52 Å². The Bertz CT molecular complexity index is 439. The lowest BCUT2D eigenvalue weighted by molar-refractivity contribution is 0.270. The molecule has 0 fully saturated rings. The van der Waals surface area contributed by atoms with Crippen LogP contribution in [0.25, 0.3) is 0 Å². The van der Waals surface area contributed by atoms with E-state index in [9.17, 15) is 0 Å². The molecule has 2 aromatic rings. The monoisotopic (exact) mass is 259 g/mol. The van der Waals surface area contributed by atoms with Gasteiger partial charge in [-0.05, 0) is 38.1 Å². The molecule has 0 amide bonds. The van der Waals surface area contributed by atoms with E-state index >= 15 is 0 Å². The molecule has 0 saturated carbocycles. The summed E-state index contributed by atoms with van der Waals surface area (Å²) < 4.78 is 6.32. The highest BCUT2D eigenvalue weighted by Crippen LogP contribution is 2.54. The maximum atomic E-state index is 6.32. The zero-order valence-electron chi connectivity index (χ0n) is 11.2. The van der Waals surface area contributed by atoms with Crippen molar-refractivity contribution >= 4 is 18.1 Å². The van der Waals surface area contributed by atoms with Gasteiger partial charge in [-0.3, -0.25) is 0 Å². The maximum Gasteiger partial charge on any atom is 0.207 e. The van der Waals surface area contributed by atoms with Gasteiger partial charge in [0.2, 0.25) is 7.49 Å². The number of hydrogen-bond acceptors (Lipinski definition) is 1. The van der Waals surface area contributed by atoms with Gasteiger partial charge in [-0.2, -0.15) is 0 Å². The van der Waals surface area contributed by atoms with E-state index < -0.39 is 7.49 Å². The summed E-state index contributed by atoms with van der Waals surface area (Å²) in [7, 11) is -1.73. The van der Waals surface area contributed by atoms with Crippen LogP contribution in [0.4, 0.5) is 0 Å². The molecule has 2 heteroatoms. The van der Waals surface area contributed by atoms with Gasteiger partial charge in [0.15, 0.2) is 0 Å². The van der Waals surface area contributed by atoms with Crippen molar-refractivity contribution in [2.24, 2.45) is 0 Å². The fourth-order valence-corrected chi connectivity index (χ4v) is 4.98. The fraction of sp³-hybridized carbons (Fsp3) is 0.250. The molecule has 1 nitrogen and oxygen atoms in total. The molecule has 0 N–H and O–H groups in total. The first kappa shape index (κ1) is 13.3. The van der Waals surface area contributed by atoms with Crippen molar-refractivity contribution in [3.63, 3.8) is 0 Å². The molecule has 2 rings (SSSR count). The molecular weight excluding hydrogens is 239 g/mol. The lowest BCUT2D eigenvalue weighted by atomic mass is 10.4. The maximum absolute atomic E-state index is 6.32. The zero-order valence-corrected chi connectivity index (χ0v) is 12.1. The zero-order chi connectivity index (χ0) is 13.0. The summed E-state index contributed by atoms with van der Waals surface area (Å²) in [5.74, 6) is 0. The summed E-state index contributed by atoms with van der Waals surface area (Å²) in [6, 6.07) is 21.1. The molecule has 0 aliphatic carbocycles. The Labute approximate surface area is 110 Å². The summed E-state index contributed by atoms with van der Waals surface area (Å²) in [5.41, 5.74) is 0. The van der Waals surface area contributed by atoms with Gasteiger partial charge in [0.25, 0.3) is 0 Å².